The first-order chi connectivity index (χ1) is 8.50. The Kier molecular flexibility index (Phi) is 4.41. The second-order valence-electron chi connectivity index (χ2n) is 5.32. The highest BCUT2D eigenvalue weighted by atomic mass is 79.9. The monoisotopic (exact) mass is 315 g/mol. The summed E-state index contributed by atoms with van der Waals surface area (Å²) in [4.78, 5) is 2.06. The molecule has 0 bridgehead atoms. The largest absolute Gasteiger partial charge is 0.389 e. The molecule has 0 aromatic heterocycles. The van der Waals surface area contributed by atoms with Crippen molar-refractivity contribution >= 4 is 15.9 Å². The van der Waals surface area contributed by atoms with Crippen LogP contribution in [0.1, 0.15) is 31.2 Å². The van der Waals surface area contributed by atoms with Gasteiger partial charge in [-0.05, 0) is 47.4 Å². The normalized spacial score (nSPS) is 18.5. The lowest BCUT2D eigenvalue weighted by molar-refractivity contribution is 0.0145. The van der Waals surface area contributed by atoms with Crippen LogP contribution in [0.5, 0.6) is 0 Å². The van der Waals surface area contributed by atoms with Gasteiger partial charge in [-0.25, -0.2) is 4.39 Å². The standard InChI is InChI=1S/C14H19BrFNO/c1-17(10-14(18)7-2-3-8-14)9-11-5-4-6-12(16)13(11)15/h4-6,18H,2-3,7-10H2,1H3. The predicted molar refractivity (Wildman–Crippen MR) is 73.9 cm³/mol. The number of halogens is 2. The maximum Gasteiger partial charge on any atom is 0.137 e. The minimum atomic E-state index is -0.547. The van der Waals surface area contributed by atoms with Gasteiger partial charge in [0.1, 0.15) is 5.82 Å². The van der Waals surface area contributed by atoms with Gasteiger partial charge in [0.2, 0.25) is 0 Å². The molecule has 100 valence electrons. The van der Waals surface area contributed by atoms with Gasteiger partial charge < -0.3 is 5.11 Å². The molecule has 0 saturated heterocycles. The van der Waals surface area contributed by atoms with E-state index in [1.807, 2.05) is 13.1 Å². The van der Waals surface area contributed by atoms with Crippen LogP contribution in [-0.2, 0) is 6.54 Å². The number of aliphatic hydroxyl groups is 1. The van der Waals surface area contributed by atoms with Crippen LogP contribution in [0.2, 0.25) is 0 Å². The quantitative estimate of drug-likeness (QED) is 0.921. The maximum atomic E-state index is 13.4. The van der Waals surface area contributed by atoms with Crippen molar-refractivity contribution in [3.05, 3.63) is 34.1 Å². The molecule has 1 fully saturated rings. The van der Waals surface area contributed by atoms with E-state index in [1.165, 1.54) is 6.07 Å². The Hall–Kier alpha value is -0.450. The lowest BCUT2D eigenvalue weighted by Gasteiger charge is -2.28. The summed E-state index contributed by atoms with van der Waals surface area (Å²) in [5.41, 5.74) is 0.369. The second kappa shape index (κ2) is 5.68. The summed E-state index contributed by atoms with van der Waals surface area (Å²) in [6.07, 6.45) is 3.96. The Balaban J connectivity index is 1.98. The van der Waals surface area contributed by atoms with Crippen molar-refractivity contribution < 1.29 is 9.50 Å². The van der Waals surface area contributed by atoms with E-state index in [4.69, 9.17) is 0 Å². The van der Waals surface area contributed by atoms with Crippen LogP contribution in [0.25, 0.3) is 0 Å². The van der Waals surface area contributed by atoms with Crippen molar-refractivity contribution in [3.8, 4) is 0 Å². The molecule has 0 aliphatic heterocycles. The van der Waals surface area contributed by atoms with Crippen molar-refractivity contribution in [2.45, 2.75) is 37.8 Å². The van der Waals surface area contributed by atoms with Gasteiger partial charge in [-0.2, -0.15) is 0 Å². The molecule has 0 amide bonds. The zero-order chi connectivity index (χ0) is 13.2. The smallest absolute Gasteiger partial charge is 0.137 e. The molecule has 1 saturated carbocycles. The summed E-state index contributed by atoms with van der Waals surface area (Å²) in [5.74, 6) is -0.236. The number of benzene rings is 1. The van der Waals surface area contributed by atoms with Crippen LogP contribution in [0, 0.1) is 5.82 Å². The van der Waals surface area contributed by atoms with Crippen molar-refractivity contribution in [2.75, 3.05) is 13.6 Å². The Morgan fingerprint density at radius 3 is 2.72 bits per heavy atom. The van der Waals surface area contributed by atoms with E-state index in [2.05, 4.69) is 20.8 Å². The first-order valence-corrected chi connectivity index (χ1v) is 7.13. The lowest BCUT2D eigenvalue weighted by Crippen LogP contribution is -2.38. The molecule has 1 aromatic rings. The van der Waals surface area contributed by atoms with Crippen LogP contribution < -0.4 is 0 Å². The maximum absolute atomic E-state index is 13.4. The molecule has 0 spiro atoms. The van der Waals surface area contributed by atoms with Gasteiger partial charge in [0.15, 0.2) is 0 Å². The zero-order valence-electron chi connectivity index (χ0n) is 10.6. The molecule has 1 aromatic carbocycles. The molecule has 18 heavy (non-hydrogen) atoms. The van der Waals surface area contributed by atoms with Crippen molar-refractivity contribution in [1.82, 2.24) is 4.90 Å². The van der Waals surface area contributed by atoms with Crippen LogP contribution in [0.4, 0.5) is 4.39 Å². The first kappa shape index (κ1) is 14.0. The molecule has 0 unspecified atom stereocenters. The average molecular weight is 316 g/mol. The van der Waals surface area contributed by atoms with E-state index in [-0.39, 0.29) is 5.82 Å². The van der Waals surface area contributed by atoms with Crippen LogP contribution in [-0.4, -0.2) is 29.2 Å². The van der Waals surface area contributed by atoms with E-state index < -0.39 is 5.60 Å². The minimum Gasteiger partial charge on any atom is -0.389 e. The second-order valence-corrected chi connectivity index (χ2v) is 6.11. The summed E-state index contributed by atoms with van der Waals surface area (Å²) < 4.78 is 13.9. The topological polar surface area (TPSA) is 23.5 Å². The highest BCUT2D eigenvalue weighted by Crippen LogP contribution is 2.30. The first-order valence-electron chi connectivity index (χ1n) is 6.34. The van der Waals surface area contributed by atoms with Gasteiger partial charge in [-0.1, -0.05) is 25.0 Å². The van der Waals surface area contributed by atoms with E-state index >= 15 is 0 Å². The van der Waals surface area contributed by atoms with Gasteiger partial charge in [-0.3, -0.25) is 4.90 Å². The Morgan fingerprint density at radius 1 is 1.39 bits per heavy atom. The van der Waals surface area contributed by atoms with Crippen LogP contribution in [0.15, 0.2) is 22.7 Å². The van der Waals surface area contributed by atoms with Crippen LogP contribution in [0.3, 0.4) is 0 Å². The van der Waals surface area contributed by atoms with Gasteiger partial charge in [0, 0.05) is 13.1 Å². The highest BCUT2D eigenvalue weighted by Gasteiger charge is 2.32. The molecule has 1 N–H and O–H groups in total. The SMILES string of the molecule is CN(Cc1cccc(F)c1Br)CC1(O)CCCC1. The van der Waals surface area contributed by atoms with E-state index in [0.29, 0.717) is 17.6 Å². The van der Waals surface area contributed by atoms with Gasteiger partial charge >= 0.3 is 0 Å². The number of rotatable bonds is 4. The van der Waals surface area contributed by atoms with Gasteiger partial charge in [0.25, 0.3) is 0 Å². The third kappa shape index (κ3) is 3.31. The summed E-state index contributed by atoms with van der Waals surface area (Å²) >= 11 is 3.27. The van der Waals surface area contributed by atoms with Gasteiger partial charge in [0.05, 0.1) is 10.1 Å². The Labute approximate surface area is 116 Å². The summed E-state index contributed by atoms with van der Waals surface area (Å²) in [7, 11) is 1.97. The fourth-order valence-electron chi connectivity index (χ4n) is 2.71. The molecule has 1 aliphatic rings. The molecule has 0 heterocycles. The van der Waals surface area contributed by atoms with Crippen molar-refractivity contribution in [3.63, 3.8) is 0 Å². The Morgan fingerprint density at radius 2 is 2.06 bits per heavy atom. The summed E-state index contributed by atoms with van der Waals surface area (Å²) in [5, 5.41) is 10.3. The minimum absolute atomic E-state index is 0.236. The molecule has 0 atom stereocenters. The fraction of sp³-hybridized carbons (Fsp3) is 0.571. The number of likely N-dealkylation sites (N-methyl/N-ethyl adjacent to an activating group) is 1. The van der Waals surface area contributed by atoms with Crippen molar-refractivity contribution in [2.24, 2.45) is 0 Å². The lowest BCUT2D eigenvalue weighted by atomic mass is 10.0. The zero-order valence-corrected chi connectivity index (χ0v) is 12.2. The number of hydrogen-bond donors (Lipinski definition) is 1. The molecule has 0 radical (unpaired) electrons. The summed E-state index contributed by atoms with van der Waals surface area (Å²) in [6.45, 7) is 1.29. The third-order valence-corrected chi connectivity index (χ3v) is 4.46. The molecular weight excluding hydrogens is 297 g/mol. The molecule has 2 rings (SSSR count). The number of hydrogen-bond acceptors (Lipinski definition) is 2. The highest BCUT2D eigenvalue weighted by molar-refractivity contribution is 9.10. The van der Waals surface area contributed by atoms with Crippen LogP contribution >= 0.6 is 15.9 Å². The molecular formula is C14H19BrFNO. The predicted octanol–water partition coefficient (Wildman–Crippen LogP) is 3.33. The number of nitrogens with zero attached hydrogens (tertiary/aromatic N) is 1. The fourth-order valence-corrected chi connectivity index (χ4v) is 3.10. The van der Waals surface area contributed by atoms with E-state index in [9.17, 15) is 9.50 Å². The van der Waals surface area contributed by atoms with E-state index in [0.717, 1.165) is 31.2 Å². The molecule has 4 heteroatoms. The summed E-state index contributed by atoms with van der Waals surface area (Å²) in [6, 6.07) is 5.06. The van der Waals surface area contributed by atoms with Crippen molar-refractivity contribution in [1.29, 1.82) is 0 Å². The average Bonchev–Trinajstić information content (AvgIpc) is 2.71. The van der Waals surface area contributed by atoms with E-state index in [1.54, 1.807) is 6.07 Å². The Bertz CT molecular complexity index is 418. The third-order valence-electron chi connectivity index (χ3n) is 3.57. The van der Waals surface area contributed by atoms with Gasteiger partial charge in [-0.15, -0.1) is 0 Å². The molecule has 2 nitrogen and oxygen atoms in total. The molecule has 1 aliphatic carbocycles.